The predicted octanol–water partition coefficient (Wildman–Crippen LogP) is 4.25. The van der Waals surface area contributed by atoms with Crippen molar-refractivity contribution < 1.29 is 19.6 Å². The summed E-state index contributed by atoms with van der Waals surface area (Å²) in [6, 6.07) is 8.54. The molecular weight excluding hydrogens is 334 g/mol. The molecule has 0 aliphatic carbocycles. The second-order valence-electron chi connectivity index (χ2n) is 4.78. The molecule has 7 heteroatoms. The van der Waals surface area contributed by atoms with Crippen molar-refractivity contribution in [3.8, 4) is 11.5 Å². The molecule has 0 saturated carbocycles. The summed E-state index contributed by atoms with van der Waals surface area (Å²) in [4.78, 5) is 22.4. The van der Waals surface area contributed by atoms with Gasteiger partial charge in [-0.05, 0) is 42.8 Å². The van der Waals surface area contributed by atoms with Gasteiger partial charge in [-0.15, -0.1) is 0 Å². The van der Waals surface area contributed by atoms with Crippen molar-refractivity contribution in [2.24, 2.45) is 0 Å². The van der Waals surface area contributed by atoms with Crippen molar-refractivity contribution in [1.29, 1.82) is 0 Å². The number of benzene rings is 2. The van der Waals surface area contributed by atoms with E-state index >= 15 is 0 Å². The van der Waals surface area contributed by atoms with Crippen LogP contribution in [0.15, 0.2) is 42.5 Å². The molecule has 0 saturated heterocycles. The fourth-order valence-corrected chi connectivity index (χ4v) is 2.17. The minimum absolute atomic E-state index is 0.00801. The Hall–Kier alpha value is -2.86. The number of ketones is 1. The number of hydrogen-bond donors (Lipinski definition) is 1. The molecule has 6 nitrogen and oxygen atoms in total. The number of phenols is 1. The monoisotopic (exact) mass is 347 g/mol. The van der Waals surface area contributed by atoms with E-state index < -0.39 is 10.7 Å². The standard InChI is InChI=1S/C17H14ClNO5/c1-2-24-17-9-11(4-8-16(17)21)3-7-15(20)12-5-6-13(18)14(10-12)19(22)23/h3-10,21H,2H2,1H3/b7-3+. The van der Waals surface area contributed by atoms with E-state index in [9.17, 15) is 20.0 Å². The molecule has 0 aromatic heterocycles. The molecule has 0 unspecified atom stereocenters. The molecule has 24 heavy (non-hydrogen) atoms. The van der Waals surface area contributed by atoms with Crippen molar-refractivity contribution in [2.75, 3.05) is 6.61 Å². The third-order valence-corrected chi connectivity index (χ3v) is 3.46. The number of nitro groups is 1. The van der Waals surface area contributed by atoms with Gasteiger partial charge in [0.2, 0.25) is 0 Å². The number of carbonyl (C=O) groups is 1. The number of phenolic OH excluding ortho intramolecular Hbond substituents is 1. The molecule has 1 N–H and O–H groups in total. The summed E-state index contributed by atoms with van der Waals surface area (Å²) in [5.74, 6) is -0.0799. The lowest BCUT2D eigenvalue weighted by molar-refractivity contribution is -0.384. The zero-order chi connectivity index (χ0) is 17.7. The molecule has 2 rings (SSSR count). The molecule has 0 amide bonds. The molecule has 0 radical (unpaired) electrons. The number of halogens is 1. The van der Waals surface area contributed by atoms with Crippen LogP contribution < -0.4 is 4.74 Å². The summed E-state index contributed by atoms with van der Waals surface area (Å²) >= 11 is 5.72. The maximum atomic E-state index is 12.1. The Morgan fingerprint density at radius 2 is 2.08 bits per heavy atom. The van der Waals surface area contributed by atoms with Gasteiger partial charge in [-0.2, -0.15) is 0 Å². The number of nitrogens with zero attached hydrogens (tertiary/aromatic N) is 1. The third kappa shape index (κ3) is 4.11. The highest BCUT2D eigenvalue weighted by Crippen LogP contribution is 2.28. The van der Waals surface area contributed by atoms with Crippen molar-refractivity contribution in [3.05, 3.63) is 68.7 Å². The number of nitro benzene ring substituents is 1. The average molecular weight is 348 g/mol. The Kier molecular flexibility index (Phi) is 5.55. The SMILES string of the molecule is CCOc1cc(/C=C/C(=O)c2ccc(Cl)c([N+](=O)[O-])c2)ccc1O. The normalized spacial score (nSPS) is 10.8. The van der Waals surface area contributed by atoms with Crippen LogP contribution >= 0.6 is 11.6 Å². The van der Waals surface area contributed by atoms with Crippen LogP contribution in [0, 0.1) is 10.1 Å². The Bertz CT molecular complexity index is 817. The summed E-state index contributed by atoms with van der Waals surface area (Å²) in [6.07, 6.45) is 2.82. The van der Waals surface area contributed by atoms with Crippen LogP contribution in [0.4, 0.5) is 5.69 Å². The van der Waals surface area contributed by atoms with Crippen molar-refractivity contribution in [3.63, 3.8) is 0 Å². The highest BCUT2D eigenvalue weighted by molar-refractivity contribution is 6.32. The summed E-state index contributed by atoms with van der Waals surface area (Å²) in [6.45, 7) is 2.19. The molecule has 0 spiro atoms. The van der Waals surface area contributed by atoms with E-state index in [0.29, 0.717) is 17.9 Å². The molecule has 0 fully saturated rings. The number of aromatic hydroxyl groups is 1. The first-order chi connectivity index (χ1) is 11.4. The number of rotatable bonds is 6. The molecule has 0 aliphatic rings. The van der Waals surface area contributed by atoms with Crippen LogP contribution in [0.25, 0.3) is 6.08 Å². The lowest BCUT2D eigenvalue weighted by Gasteiger charge is -2.06. The maximum Gasteiger partial charge on any atom is 0.288 e. The van der Waals surface area contributed by atoms with E-state index in [1.807, 2.05) is 0 Å². The molecule has 0 atom stereocenters. The minimum atomic E-state index is -0.642. The number of carbonyl (C=O) groups excluding carboxylic acids is 1. The largest absolute Gasteiger partial charge is 0.504 e. The first-order valence-corrected chi connectivity index (χ1v) is 7.42. The van der Waals surface area contributed by atoms with Gasteiger partial charge < -0.3 is 9.84 Å². The number of allylic oxidation sites excluding steroid dienone is 1. The van der Waals surface area contributed by atoms with Crippen LogP contribution in [-0.2, 0) is 0 Å². The zero-order valence-corrected chi connectivity index (χ0v) is 13.5. The Balaban J connectivity index is 2.23. The van der Waals surface area contributed by atoms with Gasteiger partial charge >= 0.3 is 0 Å². The van der Waals surface area contributed by atoms with Gasteiger partial charge in [0.25, 0.3) is 5.69 Å². The van der Waals surface area contributed by atoms with E-state index in [-0.39, 0.29) is 22.0 Å². The van der Waals surface area contributed by atoms with Gasteiger partial charge in [0.05, 0.1) is 11.5 Å². The second-order valence-corrected chi connectivity index (χ2v) is 5.19. The maximum absolute atomic E-state index is 12.1. The summed E-state index contributed by atoms with van der Waals surface area (Å²) < 4.78 is 5.27. The minimum Gasteiger partial charge on any atom is -0.504 e. The van der Waals surface area contributed by atoms with Gasteiger partial charge in [0.1, 0.15) is 5.02 Å². The molecule has 0 aliphatic heterocycles. The van der Waals surface area contributed by atoms with E-state index in [4.69, 9.17) is 16.3 Å². The van der Waals surface area contributed by atoms with Crippen LogP contribution in [-0.4, -0.2) is 22.4 Å². The van der Waals surface area contributed by atoms with E-state index in [2.05, 4.69) is 0 Å². The first-order valence-electron chi connectivity index (χ1n) is 7.04. The van der Waals surface area contributed by atoms with Crippen LogP contribution in [0.3, 0.4) is 0 Å². The number of hydrogen-bond acceptors (Lipinski definition) is 5. The van der Waals surface area contributed by atoms with Crippen LogP contribution in [0.1, 0.15) is 22.8 Å². The summed E-state index contributed by atoms with van der Waals surface area (Å²) in [7, 11) is 0. The molecule has 2 aromatic rings. The Morgan fingerprint density at radius 1 is 1.33 bits per heavy atom. The summed E-state index contributed by atoms with van der Waals surface area (Å²) in [5.41, 5.74) is 0.485. The summed E-state index contributed by atoms with van der Waals surface area (Å²) in [5, 5.41) is 20.5. The van der Waals surface area contributed by atoms with Gasteiger partial charge in [0.15, 0.2) is 17.3 Å². The van der Waals surface area contributed by atoms with E-state index in [1.54, 1.807) is 19.1 Å². The second kappa shape index (κ2) is 7.61. The van der Waals surface area contributed by atoms with Crippen molar-refractivity contribution in [1.82, 2.24) is 0 Å². The third-order valence-electron chi connectivity index (χ3n) is 3.14. The van der Waals surface area contributed by atoms with Crippen LogP contribution in [0.2, 0.25) is 5.02 Å². The quantitative estimate of drug-likeness (QED) is 0.365. The Labute approximate surface area is 143 Å². The molecule has 2 aromatic carbocycles. The molecule has 124 valence electrons. The molecular formula is C17H14ClNO5. The fourth-order valence-electron chi connectivity index (χ4n) is 1.98. The van der Waals surface area contributed by atoms with Gasteiger partial charge in [0, 0.05) is 11.6 Å². The van der Waals surface area contributed by atoms with Gasteiger partial charge in [-0.1, -0.05) is 23.7 Å². The lowest BCUT2D eigenvalue weighted by atomic mass is 10.1. The topological polar surface area (TPSA) is 89.7 Å². The van der Waals surface area contributed by atoms with Gasteiger partial charge in [-0.3, -0.25) is 14.9 Å². The van der Waals surface area contributed by atoms with Crippen molar-refractivity contribution >= 4 is 29.1 Å². The highest BCUT2D eigenvalue weighted by Gasteiger charge is 2.15. The van der Waals surface area contributed by atoms with Gasteiger partial charge in [-0.25, -0.2) is 0 Å². The lowest BCUT2D eigenvalue weighted by Crippen LogP contribution is -1.97. The first kappa shape index (κ1) is 17.5. The van der Waals surface area contributed by atoms with Crippen molar-refractivity contribution in [2.45, 2.75) is 6.92 Å². The van der Waals surface area contributed by atoms with E-state index in [1.165, 1.54) is 30.4 Å². The average Bonchev–Trinajstić information content (AvgIpc) is 2.55. The fraction of sp³-hybridized carbons (Fsp3) is 0.118. The number of ether oxygens (including phenoxy) is 1. The Morgan fingerprint density at radius 3 is 2.75 bits per heavy atom. The zero-order valence-electron chi connectivity index (χ0n) is 12.7. The molecule has 0 bridgehead atoms. The predicted molar refractivity (Wildman–Crippen MR) is 90.7 cm³/mol. The smallest absolute Gasteiger partial charge is 0.288 e. The van der Waals surface area contributed by atoms with E-state index in [0.717, 1.165) is 6.07 Å². The van der Waals surface area contributed by atoms with Crippen LogP contribution in [0.5, 0.6) is 11.5 Å². The molecule has 0 heterocycles. The highest BCUT2D eigenvalue weighted by atomic mass is 35.5.